The molecule has 1 aliphatic heterocycles. The van der Waals surface area contributed by atoms with Crippen molar-refractivity contribution in [3.8, 4) is 5.75 Å². The second-order valence-electron chi connectivity index (χ2n) is 6.11. The van der Waals surface area contributed by atoms with Crippen LogP contribution in [-0.4, -0.2) is 46.6 Å². The highest BCUT2D eigenvalue weighted by molar-refractivity contribution is 5.89. The summed E-state index contributed by atoms with van der Waals surface area (Å²) in [5, 5.41) is 6.54. The monoisotopic (exact) mass is 362 g/mol. The van der Waals surface area contributed by atoms with Crippen LogP contribution >= 0.6 is 0 Å². The van der Waals surface area contributed by atoms with Crippen LogP contribution in [0.25, 0.3) is 0 Å². The summed E-state index contributed by atoms with van der Waals surface area (Å²) < 4.78 is 15.5. The fraction of sp³-hybridized carbons (Fsp3) is 0.529. The summed E-state index contributed by atoms with van der Waals surface area (Å²) in [5.74, 6) is 0.0811. The minimum Gasteiger partial charge on any atom is -0.478 e. The van der Waals surface area contributed by atoms with Crippen molar-refractivity contribution in [3.63, 3.8) is 0 Å². The average molecular weight is 362 g/mol. The summed E-state index contributed by atoms with van der Waals surface area (Å²) in [7, 11) is 0. The lowest BCUT2D eigenvalue weighted by atomic mass is 10.2. The summed E-state index contributed by atoms with van der Waals surface area (Å²) in [4.78, 5) is 30.2. The molecule has 1 amide bonds. The van der Waals surface area contributed by atoms with Gasteiger partial charge in [0.1, 0.15) is 5.76 Å². The van der Waals surface area contributed by atoms with Gasteiger partial charge in [0.25, 0.3) is 0 Å². The Hall–Kier alpha value is -2.68. The van der Waals surface area contributed by atoms with Crippen LogP contribution in [0.2, 0.25) is 0 Å². The molecule has 0 aromatic carbocycles. The Labute approximate surface area is 150 Å². The van der Waals surface area contributed by atoms with Crippen molar-refractivity contribution >= 4 is 5.91 Å². The second-order valence-corrected chi connectivity index (χ2v) is 6.11. The maximum absolute atomic E-state index is 12.2. The van der Waals surface area contributed by atoms with Gasteiger partial charge in [0.2, 0.25) is 17.0 Å². The zero-order chi connectivity index (χ0) is 18.5. The Morgan fingerprint density at radius 2 is 2.35 bits per heavy atom. The van der Waals surface area contributed by atoms with Crippen molar-refractivity contribution in [3.05, 3.63) is 40.0 Å². The van der Waals surface area contributed by atoms with E-state index in [2.05, 4.69) is 27.3 Å². The molecule has 9 nitrogen and oxygen atoms in total. The molecule has 0 bridgehead atoms. The highest BCUT2D eigenvalue weighted by Gasteiger charge is 2.24. The van der Waals surface area contributed by atoms with Crippen LogP contribution in [-0.2, 0) is 6.61 Å². The van der Waals surface area contributed by atoms with E-state index < -0.39 is 5.91 Å². The lowest BCUT2D eigenvalue weighted by Gasteiger charge is -2.22. The number of likely N-dealkylation sites (N-methyl/N-ethyl adjacent to an activating group) is 1. The Morgan fingerprint density at radius 1 is 1.50 bits per heavy atom. The van der Waals surface area contributed by atoms with Crippen molar-refractivity contribution < 1.29 is 18.5 Å². The first kappa shape index (κ1) is 18.1. The molecule has 26 heavy (non-hydrogen) atoms. The molecule has 2 aromatic rings. The highest BCUT2D eigenvalue weighted by Crippen LogP contribution is 2.16. The number of aryl methyl sites for hydroxylation is 1. The number of likely N-dealkylation sites (tertiary alicyclic amines) is 1. The maximum Gasteiger partial charge on any atom is 0.316 e. The van der Waals surface area contributed by atoms with E-state index in [1.807, 2.05) is 0 Å². The Morgan fingerprint density at radius 3 is 3.12 bits per heavy atom. The van der Waals surface area contributed by atoms with Crippen LogP contribution < -0.4 is 15.5 Å². The number of rotatable bonds is 7. The summed E-state index contributed by atoms with van der Waals surface area (Å²) >= 11 is 0. The standard InChI is InChI=1S/C17H22N4O5/c1-3-21-7-4-5-12(21)9-18-16(23)17-19-14(20-26-17)10-25-15-11(2)24-8-6-13(15)22/h6,8,12H,3-5,7,9-10H2,1-2H3,(H,18,23). The van der Waals surface area contributed by atoms with Crippen molar-refractivity contribution in [2.45, 2.75) is 39.3 Å². The average Bonchev–Trinajstić information content (AvgIpc) is 3.28. The minimum atomic E-state index is -0.415. The number of carbonyl (C=O) groups excluding carboxylic acids is 1. The van der Waals surface area contributed by atoms with Crippen LogP contribution in [0.3, 0.4) is 0 Å². The molecular weight excluding hydrogens is 340 g/mol. The smallest absolute Gasteiger partial charge is 0.316 e. The predicted octanol–water partition coefficient (Wildman–Crippen LogP) is 1.12. The quantitative estimate of drug-likeness (QED) is 0.780. The van der Waals surface area contributed by atoms with Crippen molar-refractivity contribution in [1.82, 2.24) is 20.4 Å². The van der Waals surface area contributed by atoms with Gasteiger partial charge in [-0.15, -0.1) is 0 Å². The lowest BCUT2D eigenvalue weighted by Crippen LogP contribution is -2.40. The molecule has 0 radical (unpaired) electrons. The Balaban J connectivity index is 1.54. The SMILES string of the molecule is CCN1CCCC1CNC(=O)c1nc(COc2c(C)occc2=O)no1. The number of hydrogen-bond donors (Lipinski definition) is 1. The fourth-order valence-electron chi connectivity index (χ4n) is 3.04. The number of aromatic nitrogens is 2. The van der Waals surface area contributed by atoms with Crippen LogP contribution in [0, 0.1) is 6.92 Å². The third-order valence-corrected chi connectivity index (χ3v) is 4.42. The number of hydrogen-bond acceptors (Lipinski definition) is 8. The predicted molar refractivity (Wildman–Crippen MR) is 90.9 cm³/mol. The molecule has 0 aliphatic carbocycles. The van der Waals surface area contributed by atoms with Gasteiger partial charge >= 0.3 is 11.8 Å². The van der Waals surface area contributed by atoms with Crippen LogP contribution in [0.4, 0.5) is 0 Å². The number of nitrogens with one attached hydrogen (secondary N) is 1. The third kappa shape index (κ3) is 4.10. The van der Waals surface area contributed by atoms with E-state index in [0.717, 1.165) is 25.9 Å². The van der Waals surface area contributed by atoms with Crippen molar-refractivity contribution in [2.75, 3.05) is 19.6 Å². The van der Waals surface area contributed by atoms with E-state index in [-0.39, 0.29) is 29.5 Å². The Bertz CT molecular complexity index is 815. The van der Waals surface area contributed by atoms with Crippen LogP contribution in [0.1, 0.15) is 42.0 Å². The summed E-state index contributed by atoms with van der Waals surface area (Å²) in [6.45, 7) is 6.21. The summed E-state index contributed by atoms with van der Waals surface area (Å²) in [6.07, 6.45) is 3.50. The highest BCUT2D eigenvalue weighted by atomic mass is 16.5. The molecule has 3 rings (SSSR count). The molecule has 1 atom stereocenters. The number of nitrogens with zero attached hydrogens (tertiary/aromatic N) is 3. The Kier molecular flexibility index (Phi) is 5.67. The topological polar surface area (TPSA) is 111 Å². The molecule has 140 valence electrons. The van der Waals surface area contributed by atoms with Gasteiger partial charge in [-0.05, 0) is 32.9 Å². The van der Waals surface area contributed by atoms with E-state index in [0.29, 0.717) is 18.3 Å². The molecule has 9 heteroatoms. The number of amides is 1. The molecule has 1 aliphatic rings. The lowest BCUT2D eigenvalue weighted by molar-refractivity contribution is 0.0897. The fourth-order valence-corrected chi connectivity index (χ4v) is 3.04. The second kappa shape index (κ2) is 8.13. The number of carbonyl (C=O) groups is 1. The zero-order valence-corrected chi connectivity index (χ0v) is 14.9. The van der Waals surface area contributed by atoms with Gasteiger partial charge in [0.15, 0.2) is 6.61 Å². The van der Waals surface area contributed by atoms with E-state index in [9.17, 15) is 9.59 Å². The van der Waals surface area contributed by atoms with Gasteiger partial charge in [-0.1, -0.05) is 12.1 Å². The third-order valence-electron chi connectivity index (χ3n) is 4.42. The number of ether oxygens (including phenoxy) is 1. The van der Waals surface area contributed by atoms with Crippen LogP contribution in [0.5, 0.6) is 5.75 Å². The molecule has 1 N–H and O–H groups in total. The van der Waals surface area contributed by atoms with Gasteiger partial charge in [0, 0.05) is 18.7 Å². The van der Waals surface area contributed by atoms with E-state index in [4.69, 9.17) is 13.7 Å². The maximum atomic E-state index is 12.2. The van der Waals surface area contributed by atoms with Gasteiger partial charge in [-0.2, -0.15) is 4.98 Å². The zero-order valence-electron chi connectivity index (χ0n) is 14.9. The van der Waals surface area contributed by atoms with Gasteiger partial charge in [0.05, 0.1) is 6.26 Å². The van der Waals surface area contributed by atoms with E-state index in [1.165, 1.54) is 12.3 Å². The van der Waals surface area contributed by atoms with Crippen molar-refractivity contribution in [2.24, 2.45) is 0 Å². The van der Waals surface area contributed by atoms with Crippen molar-refractivity contribution in [1.29, 1.82) is 0 Å². The van der Waals surface area contributed by atoms with Gasteiger partial charge in [-0.3, -0.25) is 14.5 Å². The first-order valence-corrected chi connectivity index (χ1v) is 8.64. The summed E-state index contributed by atoms with van der Waals surface area (Å²) in [6, 6.07) is 1.61. The molecule has 1 fully saturated rings. The van der Waals surface area contributed by atoms with Gasteiger partial charge < -0.3 is 19.0 Å². The summed E-state index contributed by atoms with van der Waals surface area (Å²) in [5.41, 5.74) is -0.299. The first-order valence-electron chi connectivity index (χ1n) is 8.64. The molecule has 0 spiro atoms. The minimum absolute atomic E-state index is 0.0872. The molecule has 1 unspecified atom stereocenters. The first-order chi connectivity index (χ1) is 12.6. The molecule has 1 saturated heterocycles. The largest absolute Gasteiger partial charge is 0.478 e. The van der Waals surface area contributed by atoms with E-state index in [1.54, 1.807) is 6.92 Å². The molecular formula is C17H22N4O5. The molecule has 2 aromatic heterocycles. The van der Waals surface area contributed by atoms with E-state index >= 15 is 0 Å². The van der Waals surface area contributed by atoms with Gasteiger partial charge in [-0.25, -0.2) is 0 Å². The molecule has 0 saturated carbocycles. The normalized spacial score (nSPS) is 17.4. The van der Waals surface area contributed by atoms with Crippen LogP contribution in [0.15, 0.2) is 26.1 Å². The molecule has 3 heterocycles.